The molecule has 1 aromatic heterocycles. The number of alkyl halides is 3. The summed E-state index contributed by atoms with van der Waals surface area (Å²) in [6.07, 6.45) is -3.83. The molecule has 0 radical (unpaired) electrons. The van der Waals surface area contributed by atoms with E-state index < -0.39 is 28.0 Å². The summed E-state index contributed by atoms with van der Waals surface area (Å²) in [5, 5.41) is 1.09. The second-order valence-electron chi connectivity index (χ2n) is 6.34. The predicted octanol–water partition coefficient (Wildman–Crippen LogP) is 3.35. The molecule has 0 fully saturated rings. The molecule has 3 aromatic rings. The maximum Gasteiger partial charge on any atom is 0.492 e. The van der Waals surface area contributed by atoms with Crippen LogP contribution in [-0.2, 0) is 19.7 Å². The maximum atomic E-state index is 13.5. The Balaban J connectivity index is 1.76. The molecule has 0 saturated carbocycles. The van der Waals surface area contributed by atoms with E-state index in [4.69, 9.17) is 4.74 Å². The number of rotatable bonds is 7. The standard InChI is InChI=1S/C19H16F4N2O5S/c1-24(30-18(26)19(21,22)23)10-11-29-17-7-3-6-16-15(17)8-9-25(16)31(27,28)14-5-2-4-13(20)12-14/h2-9,12H,10-11H2,1H3. The van der Waals surface area contributed by atoms with Crippen LogP contribution in [0.25, 0.3) is 10.9 Å². The van der Waals surface area contributed by atoms with Crippen molar-refractivity contribution >= 4 is 26.9 Å². The first-order chi connectivity index (χ1) is 14.5. The highest BCUT2D eigenvalue weighted by Crippen LogP contribution is 2.29. The Hall–Kier alpha value is -3.12. The summed E-state index contributed by atoms with van der Waals surface area (Å²) >= 11 is 0. The van der Waals surface area contributed by atoms with Crippen LogP contribution >= 0.6 is 0 Å². The number of benzene rings is 2. The van der Waals surface area contributed by atoms with Crippen molar-refractivity contribution in [2.45, 2.75) is 11.1 Å². The van der Waals surface area contributed by atoms with Crippen molar-refractivity contribution in [2.75, 3.05) is 20.2 Å². The lowest BCUT2D eigenvalue weighted by Gasteiger charge is -2.17. The number of hydrogen-bond acceptors (Lipinski definition) is 6. The van der Waals surface area contributed by atoms with Gasteiger partial charge in [0.2, 0.25) is 0 Å². The predicted molar refractivity (Wildman–Crippen MR) is 101 cm³/mol. The minimum absolute atomic E-state index is 0.150. The quantitative estimate of drug-likeness (QED) is 0.398. The number of hydroxylamine groups is 2. The van der Waals surface area contributed by atoms with Crippen LogP contribution < -0.4 is 4.74 Å². The smallest absolute Gasteiger partial charge is 0.491 e. The van der Waals surface area contributed by atoms with Gasteiger partial charge in [0, 0.05) is 18.6 Å². The molecule has 166 valence electrons. The van der Waals surface area contributed by atoms with Gasteiger partial charge < -0.3 is 9.57 Å². The van der Waals surface area contributed by atoms with E-state index in [9.17, 15) is 30.8 Å². The van der Waals surface area contributed by atoms with Gasteiger partial charge in [0.15, 0.2) is 0 Å². The van der Waals surface area contributed by atoms with Gasteiger partial charge in [-0.1, -0.05) is 12.1 Å². The molecule has 12 heteroatoms. The zero-order valence-corrected chi connectivity index (χ0v) is 16.8. The number of nitrogens with zero attached hydrogens (tertiary/aromatic N) is 2. The second-order valence-corrected chi connectivity index (χ2v) is 8.15. The third-order valence-corrected chi connectivity index (χ3v) is 5.83. The van der Waals surface area contributed by atoms with Crippen molar-refractivity contribution in [3.63, 3.8) is 0 Å². The van der Waals surface area contributed by atoms with Gasteiger partial charge in [-0.2, -0.15) is 13.2 Å². The minimum atomic E-state index is -5.11. The summed E-state index contributed by atoms with van der Waals surface area (Å²) in [4.78, 5) is 14.7. The number of carbonyl (C=O) groups is 1. The highest BCUT2D eigenvalue weighted by molar-refractivity contribution is 7.90. The molecule has 0 spiro atoms. The van der Waals surface area contributed by atoms with Gasteiger partial charge in [0.25, 0.3) is 10.0 Å². The molecule has 0 amide bonds. The number of likely N-dealkylation sites (N-methyl/N-ethyl adjacent to an activating group) is 1. The van der Waals surface area contributed by atoms with Crippen LogP contribution in [0.1, 0.15) is 0 Å². The highest BCUT2D eigenvalue weighted by atomic mass is 32.2. The molecule has 2 aromatic carbocycles. The lowest BCUT2D eigenvalue weighted by molar-refractivity contribution is -0.234. The number of aromatic nitrogens is 1. The third-order valence-electron chi connectivity index (χ3n) is 4.14. The van der Waals surface area contributed by atoms with Crippen LogP contribution in [-0.4, -0.2) is 49.8 Å². The van der Waals surface area contributed by atoms with Gasteiger partial charge >= 0.3 is 12.1 Å². The van der Waals surface area contributed by atoms with Gasteiger partial charge in [-0.3, -0.25) is 0 Å². The van der Waals surface area contributed by atoms with E-state index in [0.29, 0.717) is 10.4 Å². The zero-order valence-electron chi connectivity index (χ0n) is 16.0. The summed E-state index contributed by atoms with van der Waals surface area (Å²) in [6.45, 7) is -0.330. The topological polar surface area (TPSA) is 77.8 Å². The molecule has 3 rings (SSSR count). The lowest BCUT2D eigenvalue weighted by atomic mass is 10.2. The molecule has 0 aliphatic heterocycles. The molecule has 0 saturated heterocycles. The third kappa shape index (κ3) is 4.97. The van der Waals surface area contributed by atoms with Gasteiger partial charge in [-0.05, 0) is 36.4 Å². The van der Waals surface area contributed by atoms with E-state index in [1.165, 1.54) is 36.5 Å². The first-order valence-electron chi connectivity index (χ1n) is 8.74. The molecule has 0 aliphatic carbocycles. The summed E-state index contributed by atoms with van der Waals surface area (Å²) in [7, 11) is -2.94. The fourth-order valence-corrected chi connectivity index (χ4v) is 4.09. The van der Waals surface area contributed by atoms with Crippen LogP contribution in [0.15, 0.2) is 59.6 Å². The van der Waals surface area contributed by atoms with Crippen LogP contribution in [0.5, 0.6) is 5.75 Å². The van der Waals surface area contributed by atoms with Crippen molar-refractivity contribution in [2.24, 2.45) is 0 Å². The normalized spacial score (nSPS) is 12.3. The first-order valence-corrected chi connectivity index (χ1v) is 10.2. The number of fused-ring (bicyclic) bond motifs is 1. The Morgan fingerprint density at radius 2 is 1.84 bits per heavy atom. The van der Waals surface area contributed by atoms with Crippen molar-refractivity contribution in [3.05, 3.63) is 60.5 Å². The van der Waals surface area contributed by atoms with Crippen molar-refractivity contribution in [1.29, 1.82) is 0 Å². The molecule has 0 bridgehead atoms. The van der Waals surface area contributed by atoms with E-state index >= 15 is 0 Å². The summed E-state index contributed by atoms with van der Waals surface area (Å²) in [5.74, 6) is -2.78. The zero-order chi connectivity index (χ0) is 22.8. The number of halogens is 4. The van der Waals surface area contributed by atoms with E-state index in [2.05, 4.69) is 4.84 Å². The molecular formula is C19H16F4N2O5S. The molecular weight excluding hydrogens is 444 g/mol. The average molecular weight is 460 g/mol. The van der Waals surface area contributed by atoms with Crippen molar-refractivity contribution in [1.82, 2.24) is 9.04 Å². The highest BCUT2D eigenvalue weighted by Gasteiger charge is 2.42. The Labute approximate surface area is 174 Å². The van der Waals surface area contributed by atoms with Crippen LogP contribution in [0.4, 0.5) is 17.6 Å². The van der Waals surface area contributed by atoms with Crippen LogP contribution in [0, 0.1) is 5.82 Å². The fraction of sp³-hybridized carbons (Fsp3) is 0.211. The molecule has 0 N–H and O–H groups in total. The monoisotopic (exact) mass is 460 g/mol. The number of hydrogen-bond donors (Lipinski definition) is 0. The maximum absolute atomic E-state index is 13.5. The summed E-state index contributed by atoms with van der Waals surface area (Å²) in [6, 6.07) is 10.7. The van der Waals surface area contributed by atoms with E-state index in [-0.39, 0.29) is 29.3 Å². The van der Waals surface area contributed by atoms with Crippen molar-refractivity contribution < 1.29 is 40.3 Å². The number of ether oxygens (including phenoxy) is 1. The SMILES string of the molecule is CN(CCOc1cccc2c1ccn2S(=O)(=O)c1cccc(F)c1)OC(=O)C(F)(F)F. The molecule has 1 heterocycles. The minimum Gasteiger partial charge on any atom is -0.491 e. The van der Waals surface area contributed by atoms with Crippen LogP contribution in [0.3, 0.4) is 0 Å². The van der Waals surface area contributed by atoms with Crippen LogP contribution in [0.2, 0.25) is 0 Å². The van der Waals surface area contributed by atoms with Gasteiger partial charge in [-0.15, -0.1) is 5.06 Å². The first kappa shape index (κ1) is 22.6. The van der Waals surface area contributed by atoms with E-state index in [1.54, 1.807) is 6.07 Å². The molecule has 0 aliphatic rings. The summed E-state index contributed by atoms with van der Waals surface area (Å²) < 4.78 is 82.3. The lowest BCUT2D eigenvalue weighted by Crippen LogP contribution is -2.34. The van der Waals surface area contributed by atoms with E-state index in [0.717, 1.165) is 23.2 Å². The second kappa shape index (κ2) is 8.55. The number of carbonyl (C=O) groups excluding carboxylic acids is 1. The summed E-state index contributed by atoms with van der Waals surface area (Å²) in [5.41, 5.74) is 0.263. The Kier molecular flexibility index (Phi) is 6.23. The van der Waals surface area contributed by atoms with Gasteiger partial charge in [-0.25, -0.2) is 21.6 Å². The Bertz CT molecular complexity index is 1210. The Morgan fingerprint density at radius 1 is 1.13 bits per heavy atom. The largest absolute Gasteiger partial charge is 0.492 e. The molecule has 0 unspecified atom stereocenters. The molecule has 31 heavy (non-hydrogen) atoms. The molecule has 0 atom stereocenters. The fourth-order valence-electron chi connectivity index (χ4n) is 2.71. The Morgan fingerprint density at radius 3 is 2.52 bits per heavy atom. The van der Waals surface area contributed by atoms with Gasteiger partial charge in [0.1, 0.15) is 18.2 Å². The van der Waals surface area contributed by atoms with Crippen molar-refractivity contribution in [3.8, 4) is 5.75 Å². The molecule has 7 nitrogen and oxygen atoms in total. The van der Waals surface area contributed by atoms with E-state index in [1.807, 2.05) is 0 Å². The average Bonchev–Trinajstić information content (AvgIpc) is 3.13. The van der Waals surface area contributed by atoms with Gasteiger partial charge in [0.05, 0.1) is 17.0 Å².